The van der Waals surface area contributed by atoms with Gasteiger partial charge < -0.3 is 15.0 Å². The molecule has 0 atom stereocenters. The van der Waals surface area contributed by atoms with Crippen LogP contribution in [0.25, 0.3) is 0 Å². The average Bonchev–Trinajstić information content (AvgIpc) is 2.74. The summed E-state index contributed by atoms with van der Waals surface area (Å²) >= 11 is 0. The molecule has 7 heteroatoms. The fourth-order valence-electron chi connectivity index (χ4n) is 3.89. The molecule has 2 aliphatic rings. The van der Waals surface area contributed by atoms with Crippen molar-refractivity contribution in [2.75, 3.05) is 43.1 Å². The molecule has 7 nitrogen and oxygen atoms in total. The highest BCUT2D eigenvalue weighted by Crippen LogP contribution is 2.28. The zero-order valence-electron chi connectivity index (χ0n) is 17.2. The lowest BCUT2D eigenvalue weighted by atomic mass is 10.0. The van der Waals surface area contributed by atoms with Crippen molar-refractivity contribution in [3.8, 4) is 6.07 Å². The van der Waals surface area contributed by atoms with E-state index in [0.29, 0.717) is 11.6 Å². The third-order valence-electron chi connectivity index (χ3n) is 5.31. The quantitative estimate of drug-likeness (QED) is 0.838. The lowest BCUT2D eigenvalue weighted by Gasteiger charge is -2.32. The molecule has 0 saturated carbocycles. The van der Waals surface area contributed by atoms with E-state index in [9.17, 15) is 0 Å². The molecule has 3 heterocycles. The molecule has 1 saturated heterocycles. The zero-order chi connectivity index (χ0) is 20.2. The van der Waals surface area contributed by atoms with Crippen LogP contribution in [0.15, 0.2) is 24.3 Å². The van der Waals surface area contributed by atoms with E-state index in [0.717, 1.165) is 75.4 Å². The Bertz CT molecular complexity index is 901. The highest BCUT2D eigenvalue weighted by molar-refractivity contribution is 5.53. The van der Waals surface area contributed by atoms with E-state index in [1.54, 1.807) is 0 Å². The maximum atomic E-state index is 9.15. The topological polar surface area (TPSA) is 77.3 Å². The summed E-state index contributed by atoms with van der Waals surface area (Å²) in [4.78, 5) is 14.4. The van der Waals surface area contributed by atoms with E-state index in [2.05, 4.69) is 41.1 Å². The number of morpholine rings is 1. The molecule has 1 aromatic carbocycles. The average molecular weight is 393 g/mol. The van der Waals surface area contributed by atoms with E-state index in [1.165, 1.54) is 5.56 Å². The van der Waals surface area contributed by atoms with Crippen LogP contribution in [0.4, 0.5) is 11.8 Å². The van der Waals surface area contributed by atoms with E-state index in [1.807, 2.05) is 18.2 Å². The number of nitrogens with zero attached hydrogens (tertiary/aromatic N) is 5. The zero-order valence-corrected chi connectivity index (χ0v) is 17.2. The minimum absolute atomic E-state index is 0.300. The van der Waals surface area contributed by atoms with Gasteiger partial charge in [0.25, 0.3) is 0 Å². The molecule has 0 unspecified atom stereocenters. The van der Waals surface area contributed by atoms with E-state index in [4.69, 9.17) is 20.0 Å². The van der Waals surface area contributed by atoms with Gasteiger partial charge in [-0.2, -0.15) is 10.2 Å². The van der Waals surface area contributed by atoms with E-state index in [-0.39, 0.29) is 0 Å². The van der Waals surface area contributed by atoms with Crippen molar-refractivity contribution in [2.45, 2.75) is 39.4 Å². The summed E-state index contributed by atoms with van der Waals surface area (Å²) in [6.45, 7) is 9.97. The van der Waals surface area contributed by atoms with Crippen molar-refractivity contribution in [1.29, 1.82) is 5.26 Å². The van der Waals surface area contributed by atoms with Gasteiger partial charge in [-0.25, -0.2) is 4.98 Å². The molecule has 29 heavy (non-hydrogen) atoms. The molecule has 1 aromatic heterocycles. The van der Waals surface area contributed by atoms with Crippen molar-refractivity contribution >= 4 is 11.8 Å². The van der Waals surface area contributed by atoms with Crippen LogP contribution in [0.5, 0.6) is 0 Å². The Balaban J connectivity index is 1.58. The van der Waals surface area contributed by atoms with Gasteiger partial charge in [0.2, 0.25) is 5.95 Å². The Morgan fingerprint density at radius 2 is 2.03 bits per heavy atom. The molecule has 1 N–H and O–H groups in total. The van der Waals surface area contributed by atoms with Crippen LogP contribution in [-0.4, -0.2) is 53.8 Å². The first-order valence-electron chi connectivity index (χ1n) is 10.3. The third-order valence-corrected chi connectivity index (χ3v) is 5.31. The molecule has 1 fully saturated rings. The lowest BCUT2D eigenvalue weighted by molar-refractivity contribution is 0.122. The summed E-state index contributed by atoms with van der Waals surface area (Å²) in [5.74, 6) is 1.76. The summed E-state index contributed by atoms with van der Waals surface area (Å²) in [7, 11) is 0. The molecule has 0 amide bonds. The second kappa shape index (κ2) is 8.76. The summed E-state index contributed by atoms with van der Waals surface area (Å²) in [5, 5.41) is 12.7. The van der Waals surface area contributed by atoms with Crippen molar-refractivity contribution in [2.24, 2.45) is 0 Å². The Morgan fingerprint density at radius 1 is 1.21 bits per heavy atom. The SMILES string of the molecule is CC(C)Nc1nc(N2CCOCC2)nc2c1CN(Cc1cccc(C#N)c1)CC2. The smallest absolute Gasteiger partial charge is 0.227 e. The van der Waals surface area contributed by atoms with Crippen LogP contribution in [-0.2, 0) is 24.2 Å². The Labute approximate surface area is 172 Å². The maximum absolute atomic E-state index is 9.15. The van der Waals surface area contributed by atoms with Gasteiger partial charge in [-0.05, 0) is 31.5 Å². The van der Waals surface area contributed by atoms with Crippen molar-refractivity contribution < 1.29 is 4.74 Å². The maximum Gasteiger partial charge on any atom is 0.227 e. The number of aromatic nitrogens is 2. The first-order chi connectivity index (χ1) is 14.1. The van der Waals surface area contributed by atoms with Crippen LogP contribution in [0.3, 0.4) is 0 Å². The fourth-order valence-corrected chi connectivity index (χ4v) is 3.89. The monoisotopic (exact) mass is 392 g/mol. The summed E-state index contributed by atoms with van der Waals surface area (Å²) in [5.41, 5.74) is 4.21. The number of hydrogen-bond acceptors (Lipinski definition) is 7. The van der Waals surface area contributed by atoms with Gasteiger partial charge in [-0.15, -0.1) is 0 Å². The number of rotatable bonds is 5. The second-order valence-electron chi connectivity index (χ2n) is 7.97. The Hall–Kier alpha value is -2.69. The molecule has 152 valence electrons. The number of fused-ring (bicyclic) bond motifs is 1. The Morgan fingerprint density at radius 3 is 2.79 bits per heavy atom. The Kier molecular flexibility index (Phi) is 5.93. The number of nitrogens with one attached hydrogen (secondary N) is 1. The van der Waals surface area contributed by atoms with Crippen molar-refractivity contribution in [1.82, 2.24) is 14.9 Å². The highest BCUT2D eigenvalue weighted by Gasteiger charge is 2.25. The summed E-state index contributed by atoms with van der Waals surface area (Å²) in [6, 6.07) is 10.4. The molecule has 0 aliphatic carbocycles. The van der Waals surface area contributed by atoms with Gasteiger partial charge in [0.05, 0.1) is 30.5 Å². The molecular weight excluding hydrogens is 364 g/mol. The van der Waals surface area contributed by atoms with Gasteiger partial charge in [0.15, 0.2) is 0 Å². The number of nitriles is 1. The van der Waals surface area contributed by atoms with Crippen LogP contribution >= 0.6 is 0 Å². The van der Waals surface area contributed by atoms with Gasteiger partial charge >= 0.3 is 0 Å². The standard InChI is InChI=1S/C22H28N6O/c1-16(2)24-21-19-15-27(14-18-5-3-4-17(12-18)13-23)7-6-20(19)25-22(26-21)28-8-10-29-11-9-28/h3-5,12,16H,6-11,14-15H2,1-2H3,(H,24,25,26). The third kappa shape index (κ3) is 4.66. The largest absolute Gasteiger partial charge is 0.378 e. The van der Waals surface area contributed by atoms with E-state index < -0.39 is 0 Å². The van der Waals surface area contributed by atoms with Crippen LogP contribution in [0.1, 0.15) is 36.2 Å². The molecule has 4 rings (SSSR count). The first-order valence-corrected chi connectivity index (χ1v) is 10.3. The number of hydrogen-bond donors (Lipinski definition) is 1. The second-order valence-corrected chi connectivity index (χ2v) is 7.97. The normalized spacial score (nSPS) is 17.1. The van der Waals surface area contributed by atoms with Gasteiger partial charge in [-0.1, -0.05) is 12.1 Å². The molecule has 2 aromatic rings. The van der Waals surface area contributed by atoms with Gasteiger partial charge in [-0.3, -0.25) is 4.90 Å². The number of ether oxygens (including phenoxy) is 1. The molecular formula is C22H28N6O. The molecule has 0 spiro atoms. The minimum atomic E-state index is 0.300. The first kappa shape index (κ1) is 19.6. The summed E-state index contributed by atoms with van der Waals surface area (Å²) in [6.07, 6.45) is 0.903. The van der Waals surface area contributed by atoms with Gasteiger partial charge in [0, 0.05) is 50.7 Å². The van der Waals surface area contributed by atoms with Crippen LogP contribution in [0.2, 0.25) is 0 Å². The lowest BCUT2D eigenvalue weighted by Crippen LogP contribution is -2.38. The predicted octanol–water partition coefficient (Wildman–Crippen LogP) is 2.56. The molecule has 0 bridgehead atoms. The fraction of sp³-hybridized carbons (Fsp3) is 0.500. The van der Waals surface area contributed by atoms with Crippen LogP contribution < -0.4 is 10.2 Å². The number of anilines is 2. The van der Waals surface area contributed by atoms with Gasteiger partial charge in [0.1, 0.15) is 5.82 Å². The molecule has 0 radical (unpaired) electrons. The summed E-state index contributed by atoms with van der Waals surface area (Å²) < 4.78 is 5.48. The van der Waals surface area contributed by atoms with Crippen LogP contribution in [0, 0.1) is 11.3 Å². The molecule has 2 aliphatic heterocycles. The number of benzene rings is 1. The van der Waals surface area contributed by atoms with E-state index >= 15 is 0 Å². The van der Waals surface area contributed by atoms with Crippen molar-refractivity contribution in [3.05, 3.63) is 46.6 Å². The van der Waals surface area contributed by atoms with Crippen molar-refractivity contribution in [3.63, 3.8) is 0 Å². The minimum Gasteiger partial charge on any atom is -0.378 e. The highest BCUT2D eigenvalue weighted by atomic mass is 16.5. The predicted molar refractivity (Wildman–Crippen MR) is 113 cm³/mol.